The van der Waals surface area contributed by atoms with Gasteiger partial charge >= 0.3 is 5.97 Å². The topological polar surface area (TPSA) is 159 Å². The number of epoxide rings is 1. The normalized spacial score (nSPS) is 35.9. The number of esters is 1. The third-order valence-corrected chi connectivity index (χ3v) is 10.00. The summed E-state index contributed by atoms with van der Waals surface area (Å²) in [6.07, 6.45) is 1.31. The molecule has 0 bridgehead atoms. The molecule has 1 aromatic rings. The van der Waals surface area contributed by atoms with Crippen LogP contribution in [-0.2, 0) is 30.2 Å². The summed E-state index contributed by atoms with van der Waals surface area (Å²) < 4.78 is 23.5. The Morgan fingerprint density at radius 3 is 2.60 bits per heavy atom. The summed E-state index contributed by atoms with van der Waals surface area (Å²) in [4.78, 5) is 40.3. The number of Topliss-reactive ketones (excluding diaryl/α,β-unsaturated/α-hetero) is 1. The molecule has 8 atom stereocenters. The summed E-state index contributed by atoms with van der Waals surface area (Å²) in [7, 11) is -3.37. The van der Waals surface area contributed by atoms with Crippen molar-refractivity contribution in [2.75, 3.05) is 6.66 Å². The molecule has 12 heteroatoms. The van der Waals surface area contributed by atoms with Crippen molar-refractivity contribution in [2.24, 2.45) is 17.3 Å². The second-order valence-electron chi connectivity index (χ2n) is 12.4. The highest BCUT2D eigenvalue weighted by atomic mass is 32.1. The Kier molecular flexibility index (Phi) is 10.6. The van der Waals surface area contributed by atoms with Gasteiger partial charge in [-0.05, 0) is 44.3 Å². The van der Waals surface area contributed by atoms with E-state index in [1.165, 1.54) is 18.0 Å². The lowest BCUT2D eigenvalue weighted by molar-refractivity contribution is -0.154. The van der Waals surface area contributed by atoms with Gasteiger partial charge in [-0.3, -0.25) is 14.2 Å². The van der Waals surface area contributed by atoms with Gasteiger partial charge in [0.2, 0.25) is 0 Å². The van der Waals surface area contributed by atoms with Crippen LogP contribution in [0.5, 0.6) is 0 Å². The highest BCUT2D eigenvalue weighted by Crippen LogP contribution is 2.45. The molecule has 3 rings (SSSR count). The molecule has 2 aliphatic rings. The van der Waals surface area contributed by atoms with E-state index < -0.39 is 43.1 Å². The number of ether oxygens (including phenoxy) is 2. The van der Waals surface area contributed by atoms with E-state index in [-0.39, 0.29) is 36.4 Å². The van der Waals surface area contributed by atoms with E-state index in [2.05, 4.69) is 10.1 Å². The number of thiazole rings is 1. The molecule has 0 aliphatic carbocycles. The molecular weight excluding hydrogens is 555 g/mol. The lowest BCUT2D eigenvalue weighted by Gasteiger charge is -2.34. The molecule has 2 fully saturated rings. The van der Waals surface area contributed by atoms with Crippen molar-refractivity contribution >= 4 is 36.7 Å². The highest BCUT2D eigenvalue weighted by Gasteiger charge is 2.53. The number of cyclic esters (lactones) is 1. The highest BCUT2D eigenvalue weighted by molar-refractivity contribution is 7.54. The summed E-state index contributed by atoms with van der Waals surface area (Å²) in [5, 5.41) is 26.8. The first kappa shape index (κ1) is 33.0. The maximum absolute atomic E-state index is 13.3. The average Bonchev–Trinajstić information content (AvgIpc) is 3.26. The molecule has 0 amide bonds. The molecule has 2 aliphatic heterocycles. The van der Waals surface area contributed by atoms with Crippen LogP contribution in [0.1, 0.15) is 84.3 Å². The number of fused-ring (bicyclic) bond motifs is 1. The molecule has 0 spiro atoms. The number of carbonyl (C=O) groups is 2. The Hall–Kier alpha value is -1.46. The molecule has 0 radical (unpaired) electrons. The van der Waals surface area contributed by atoms with Crippen molar-refractivity contribution in [1.29, 1.82) is 0 Å². The quantitative estimate of drug-likeness (QED) is 0.220. The summed E-state index contributed by atoms with van der Waals surface area (Å²) in [6, 6.07) is 0. The van der Waals surface area contributed by atoms with Gasteiger partial charge in [0.15, 0.2) is 0 Å². The van der Waals surface area contributed by atoms with Gasteiger partial charge < -0.3 is 24.6 Å². The molecule has 4 N–H and O–H groups in total. The number of aliphatic hydroxyl groups excluding tert-OH is 2. The lowest BCUT2D eigenvalue weighted by atomic mass is 9.73. The number of nitrogens with zero attached hydrogens (tertiary/aromatic N) is 1. The van der Waals surface area contributed by atoms with Crippen LogP contribution in [0.15, 0.2) is 11.0 Å². The van der Waals surface area contributed by atoms with Crippen LogP contribution in [0.4, 0.5) is 0 Å². The van der Waals surface area contributed by atoms with Crippen molar-refractivity contribution in [3.63, 3.8) is 0 Å². The summed E-state index contributed by atoms with van der Waals surface area (Å²) >= 11 is 1.35. The SMILES string of the molecule is C/C(=C\c1csc(CNP(C)(=O)O)n1)C1C[C@H]2O[C@@]2(C)CCC[C@@H](C)[C@@H](O)[C@H](C)C(=O)C(C)(C)[C@H](O)CC(=O)O1. The van der Waals surface area contributed by atoms with Gasteiger partial charge in [0.05, 0.1) is 48.0 Å². The molecule has 0 aromatic carbocycles. The first-order valence-corrected chi connectivity index (χ1v) is 16.9. The van der Waals surface area contributed by atoms with Crippen LogP contribution in [0.2, 0.25) is 0 Å². The predicted octanol–water partition coefficient (Wildman–Crippen LogP) is 4.07. The second-order valence-corrected chi connectivity index (χ2v) is 15.4. The third kappa shape index (κ3) is 8.53. The molecule has 10 nitrogen and oxygen atoms in total. The zero-order chi connectivity index (χ0) is 30.0. The first-order chi connectivity index (χ1) is 18.4. The van der Waals surface area contributed by atoms with E-state index in [0.717, 1.165) is 24.8 Å². The number of aliphatic hydroxyl groups is 2. The number of carbonyl (C=O) groups excluding carboxylic acids is 2. The fourth-order valence-electron chi connectivity index (χ4n) is 5.31. The Morgan fingerprint density at radius 2 is 1.95 bits per heavy atom. The monoisotopic (exact) mass is 600 g/mol. The van der Waals surface area contributed by atoms with E-state index in [1.807, 2.05) is 32.2 Å². The largest absolute Gasteiger partial charge is 0.458 e. The Bertz CT molecular complexity index is 1150. The Labute approximate surface area is 241 Å². The van der Waals surface area contributed by atoms with Gasteiger partial charge in [-0.1, -0.05) is 34.1 Å². The lowest BCUT2D eigenvalue weighted by Crippen LogP contribution is -2.45. The van der Waals surface area contributed by atoms with Gasteiger partial charge in [-0.15, -0.1) is 11.3 Å². The minimum absolute atomic E-state index is 0.108. The molecule has 2 unspecified atom stereocenters. The van der Waals surface area contributed by atoms with Crippen LogP contribution >= 0.6 is 18.9 Å². The van der Waals surface area contributed by atoms with E-state index in [0.29, 0.717) is 17.1 Å². The van der Waals surface area contributed by atoms with E-state index >= 15 is 0 Å². The molecule has 3 heterocycles. The fourth-order valence-corrected chi connectivity index (χ4v) is 6.55. The zero-order valence-electron chi connectivity index (χ0n) is 24.5. The number of hydrogen-bond acceptors (Lipinski definition) is 9. The zero-order valence-corrected chi connectivity index (χ0v) is 26.3. The summed E-state index contributed by atoms with van der Waals surface area (Å²) in [6.45, 7) is 12.1. The summed E-state index contributed by atoms with van der Waals surface area (Å²) in [5.74, 6) is -1.73. The van der Waals surface area contributed by atoms with E-state index in [9.17, 15) is 29.3 Å². The van der Waals surface area contributed by atoms with Crippen LogP contribution in [0.25, 0.3) is 6.08 Å². The van der Waals surface area contributed by atoms with Crippen molar-refractivity contribution in [3.05, 3.63) is 21.7 Å². The number of ketones is 1. The summed E-state index contributed by atoms with van der Waals surface area (Å²) in [5.41, 5.74) is -0.237. The smallest absolute Gasteiger partial charge is 0.309 e. The molecule has 40 heavy (non-hydrogen) atoms. The second kappa shape index (κ2) is 12.8. The van der Waals surface area contributed by atoms with Crippen LogP contribution < -0.4 is 5.09 Å². The first-order valence-electron chi connectivity index (χ1n) is 13.9. The fraction of sp³-hybridized carbons (Fsp3) is 0.750. The van der Waals surface area contributed by atoms with Crippen molar-refractivity contribution in [2.45, 2.75) is 110 Å². The van der Waals surface area contributed by atoms with Crippen molar-refractivity contribution < 1.29 is 38.7 Å². The van der Waals surface area contributed by atoms with Gasteiger partial charge in [0.25, 0.3) is 7.52 Å². The number of rotatable bonds is 5. The van der Waals surface area contributed by atoms with Crippen molar-refractivity contribution in [1.82, 2.24) is 10.1 Å². The van der Waals surface area contributed by atoms with Gasteiger partial charge in [-0.25, -0.2) is 10.1 Å². The maximum Gasteiger partial charge on any atom is 0.309 e. The van der Waals surface area contributed by atoms with Crippen molar-refractivity contribution in [3.8, 4) is 0 Å². The Morgan fingerprint density at radius 1 is 1.27 bits per heavy atom. The minimum atomic E-state index is -3.37. The van der Waals surface area contributed by atoms with Crippen LogP contribution in [-0.4, -0.2) is 68.5 Å². The molecule has 2 saturated heterocycles. The van der Waals surface area contributed by atoms with Gasteiger partial charge in [0, 0.05) is 24.4 Å². The van der Waals surface area contributed by atoms with Gasteiger partial charge in [-0.2, -0.15) is 0 Å². The molecular formula is C28H45N2O8PS. The molecule has 1 aromatic heterocycles. The molecule has 226 valence electrons. The van der Waals surface area contributed by atoms with E-state index in [4.69, 9.17) is 9.47 Å². The Balaban J connectivity index is 1.82. The van der Waals surface area contributed by atoms with E-state index in [1.54, 1.807) is 20.8 Å². The number of nitrogens with one attached hydrogen (secondary N) is 1. The standard InChI is InChI=1S/C28H45N2O8PS/c1-16-9-8-10-28(6)22(38-28)12-20(17(2)11-19-15-40-23(30-19)14-29-39(7,35)36)37-24(32)13-21(31)27(4,5)26(34)18(3)25(16)33/h11,15-16,18,20-22,25,31,33H,8-10,12-14H2,1-7H3,(H2,29,35,36)/b17-11+/t16-,18+,20?,21-,22-,25-,28+/m1/s1. The maximum atomic E-state index is 13.3. The van der Waals surface area contributed by atoms with Crippen LogP contribution in [0, 0.1) is 17.3 Å². The average molecular weight is 601 g/mol. The predicted molar refractivity (Wildman–Crippen MR) is 154 cm³/mol. The molecule has 0 saturated carbocycles. The van der Waals surface area contributed by atoms with Crippen LogP contribution in [0.3, 0.4) is 0 Å². The van der Waals surface area contributed by atoms with Gasteiger partial charge in [0.1, 0.15) is 16.9 Å². The minimum Gasteiger partial charge on any atom is -0.458 e. The third-order valence-electron chi connectivity index (χ3n) is 8.38. The number of aromatic nitrogens is 1. The number of hydrogen-bond donors (Lipinski definition) is 4.